The van der Waals surface area contributed by atoms with Gasteiger partial charge in [0.2, 0.25) is 5.91 Å². The van der Waals surface area contributed by atoms with Crippen molar-refractivity contribution >= 4 is 5.91 Å². The van der Waals surface area contributed by atoms with Gasteiger partial charge in [-0.15, -0.1) is 0 Å². The van der Waals surface area contributed by atoms with Crippen LogP contribution in [0.4, 0.5) is 4.39 Å². The Morgan fingerprint density at radius 1 is 1.53 bits per heavy atom. The minimum Gasteiger partial charge on any atom is -0.378 e. The van der Waals surface area contributed by atoms with Gasteiger partial charge >= 0.3 is 0 Å². The van der Waals surface area contributed by atoms with Crippen LogP contribution in [0.25, 0.3) is 0 Å². The Kier molecular flexibility index (Phi) is 5.76. The molecule has 1 heterocycles. The summed E-state index contributed by atoms with van der Waals surface area (Å²) in [6, 6.07) is 0. The highest BCUT2D eigenvalue weighted by molar-refractivity contribution is 5.78. The molecule has 0 saturated carbocycles. The monoisotopic (exact) mass is 248 g/mol. The highest BCUT2D eigenvalue weighted by atomic mass is 19.1. The van der Waals surface area contributed by atoms with Crippen molar-refractivity contribution in [2.75, 3.05) is 40.1 Å². The van der Waals surface area contributed by atoms with Crippen LogP contribution in [0.5, 0.6) is 0 Å². The van der Waals surface area contributed by atoms with Crippen LogP contribution in [0.2, 0.25) is 0 Å². The van der Waals surface area contributed by atoms with Crippen molar-refractivity contribution in [3.8, 4) is 0 Å². The lowest BCUT2D eigenvalue weighted by Gasteiger charge is -2.34. The summed E-state index contributed by atoms with van der Waals surface area (Å²) in [4.78, 5) is 14.9. The molecule has 4 N–H and O–H groups in total. The molecule has 0 aromatic heterocycles. The quantitative estimate of drug-likeness (QED) is 0.591. The third kappa shape index (κ3) is 3.88. The standard InChI is InChI=1S/C10H21FN4O2/c1-17-9-2-3-15(4-8(9)11)10(16)5-14(6-12)7-13/h8-9H,2-7,12-13H2,1H3/t8-,9+/m1/s1. The van der Waals surface area contributed by atoms with Crippen LogP contribution in [0, 0.1) is 0 Å². The van der Waals surface area contributed by atoms with Crippen molar-refractivity contribution in [1.29, 1.82) is 0 Å². The number of halogens is 1. The second kappa shape index (κ2) is 6.85. The number of alkyl halides is 1. The molecule has 0 aromatic rings. The maximum Gasteiger partial charge on any atom is 0.236 e. The number of nitrogens with two attached hydrogens (primary N) is 2. The van der Waals surface area contributed by atoms with Crippen molar-refractivity contribution in [2.24, 2.45) is 11.5 Å². The van der Waals surface area contributed by atoms with Crippen molar-refractivity contribution in [2.45, 2.75) is 18.7 Å². The fourth-order valence-electron chi connectivity index (χ4n) is 1.87. The van der Waals surface area contributed by atoms with E-state index in [9.17, 15) is 9.18 Å². The molecule has 0 spiro atoms. The molecule has 7 heteroatoms. The van der Waals surface area contributed by atoms with Gasteiger partial charge in [-0.2, -0.15) is 0 Å². The number of rotatable bonds is 5. The van der Waals surface area contributed by atoms with E-state index in [0.29, 0.717) is 13.0 Å². The molecule has 1 aliphatic rings. The predicted molar refractivity (Wildman–Crippen MR) is 61.7 cm³/mol. The summed E-state index contributed by atoms with van der Waals surface area (Å²) in [5.74, 6) is -0.141. The fourth-order valence-corrected chi connectivity index (χ4v) is 1.87. The maximum absolute atomic E-state index is 13.6. The van der Waals surface area contributed by atoms with Gasteiger partial charge < -0.3 is 21.1 Å². The van der Waals surface area contributed by atoms with E-state index in [-0.39, 0.29) is 32.3 Å². The Morgan fingerprint density at radius 3 is 2.65 bits per heavy atom. The van der Waals surface area contributed by atoms with Crippen LogP contribution in [-0.2, 0) is 9.53 Å². The summed E-state index contributed by atoms with van der Waals surface area (Å²) in [7, 11) is 1.49. The number of carbonyl (C=O) groups excluding carboxylic acids is 1. The minimum absolute atomic E-state index is 0.0837. The van der Waals surface area contributed by atoms with Crippen LogP contribution < -0.4 is 11.5 Å². The Bertz CT molecular complexity index is 250. The molecule has 100 valence electrons. The van der Waals surface area contributed by atoms with Crippen molar-refractivity contribution < 1.29 is 13.9 Å². The second-order valence-electron chi connectivity index (χ2n) is 4.11. The third-order valence-electron chi connectivity index (χ3n) is 3.01. The van der Waals surface area contributed by atoms with Gasteiger partial charge in [0.25, 0.3) is 0 Å². The first-order valence-electron chi connectivity index (χ1n) is 5.69. The molecular formula is C10H21FN4O2. The molecule has 0 aromatic carbocycles. The lowest BCUT2D eigenvalue weighted by atomic mass is 10.1. The molecule has 6 nitrogen and oxygen atoms in total. The average molecular weight is 248 g/mol. The first-order chi connectivity index (χ1) is 8.12. The van der Waals surface area contributed by atoms with E-state index in [1.807, 2.05) is 0 Å². The Balaban J connectivity index is 2.43. The number of likely N-dealkylation sites (tertiary alicyclic amines) is 1. The zero-order valence-corrected chi connectivity index (χ0v) is 10.1. The lowest BCUT2D eigenvalue weighted by Crippen LogP contribution is -2.51. The lowest BCUT2D eigenvalue weighted by molar-refractivity contribution is -0.137. The Hall–Kier alpha value is -0.760. The zero-order valence-electron chi connectivity index (χ0n) is 10.1. The van der Waals surface area contributed by atoms with E-state index in [0.717, 1.165) is 0 Å². The van der Waals surface area contributed by atoms with Gasteiger partial charge in [0.05, 0.1) is 19.2 Å². The zero-order chi connectivity index (χ0) is 12.8. The highest BCUT2D eigenvalue weighted by Gasteiger charge is 2.31. The van der Waals surface area contributed by atoms with Crippen LogP contribution >= 0.6 is 0 Å². The second-order valence-corrected chi connectivity index (χ2v) is 4.11. The van der Waals surface area contributed by atoms with Gasteiger partial charge in [0.15, 0.2) is 0 Å². The largest absolute Gasteiger partial charge is 0.378 e. The number of amides is 1. The number of hydrogen-bond acceptors (Lipinski definition) is 5. The number of methoxy groups -OCH3 is 1. The van der Waals surface area contributed by atoms with Gasteiger partial charge in [-0.25, -0.2) is 4.39 Å². The summed E-state index contributed by atoms with van der Waals surface area (Å²) < 4.78 is 18.6. The molecule has 0 aliphatic carbocycles. The Morgan fingerprint density at radius 2 is 2.18 bits per heavy atom. The number of piperidine rings is 1. The molecule has 1 amide bonds. The van der Waals surface area contributed by atoms with Crippen LogP contribution in [-0.4, -0.2) is 68.1 Å². The predicted octanol–water partition coefficient (Wildman–Crippen LogP) is -1.29. The van der Waals surface area contributed by atoms with Gasteiger partial charge in [-0.1, -0.05) is 0 Å². The first-order valence-corrected chi connectivity index (χ1v) is 5.69. The molecule has 0 bridgehead atoms. The summed E-state index contributed by atoms with van der Waals surface area (Å²) >= 11 is 0. The van der Waals surface area contributed by atoms with E-state index < -0.39 is 12.3 Å². The molecule has 1 saturated heterocycles. The van der Waals surface area contributed by atoms with E-state index in [2.05, 4.69) is 0 Å². The van der Waals surface area contributed by atoms with Crippen LogP contribution in [0.3, 0.4) is 0 Å². The van der Waals surface area contributed by atoms with Crippen molar-refractivity contribution in [3.05, 3.63) is 0 Å². The van der Waals surface area contributed by atoms with E-state index >= 15 is 0 Å². The number of carbonyl (C=O) groups is 1. The molecule has 17 heavy (non-hydrogen) atoms. The molecule has 1 rings (SSSR count). The summed E-state index contributed by atoms with van der Waals surface area (Å²) in [6.07, 6.45) is -1.00. The van der Waals surface area contributed by atoms with Crippen LogP contribution in [0.1, 0.15) is 6.42 Å². The molecule has 2 atom stereocenters. The normalized spacial score (nSPS) is 25.4. The average Bonchev–Trinajstić information content (AvgIpc) is 2.35. The summed E-state index contributed by atoms with van der Waals surface area (Å²) in [6.45, 7) is 1.17. The molecule has 1 aliphatic heterocycles. The smallest absolute Gasteiger partial charge is 0.236 e. The topological polar surface area (TPSA) is 84.8 Å². The molecule has 0 unspecified atom stereocenters. The SMILES string of the molecule is CO[C@H]1CCN(C(=O)CN(CN)CN)C[C@H]1F. The number of nitrogens with zero attached hydrogens (tertiary/aromatic N) is 2. The molecular weight excluding hydrogens is 227 g/mol. The van der Waals surface area contributed by atoms with Crippen molar-refractivity contribution in [3.63, 3.8) is 0 Å². The van der Waals surface area contributed by atoms with E-state index in [4.69, 9.17) is 16.2 Å². The molecule has 0 radical (unpaired) electrons. The Labute approximate surface area is 101 Å². The van der Waals surface area contributed by atoms with Crippen molar-refractivity contribution in [1.82, 2.24) is 9.80 Å². The van der Waals surface area contributed by atoms with E-state index in [1.54, 1.807) is 4.90 Å². The van der Waals surface area contributed by atoms with Gasteiger partial charge in [-0.3, -0.25) is 9.69 Å². The van der Waals surface area contributed by atoms with E-state index in [1.165, 1.54) is 12.0 Å². The first kappa shape index (κ1) is 14.3. The van der Waals surface area contributed by atoms with Gasteiger partial charge in [0.1, 0.15) is 6.17 Å². The van der Waals surface area contributed by atoms with Crippen LogP contribution in [0.15, 0.2) is 0 Å². The molecule has 1 fully saturated rings. The number of hydrogen-bond donors (Lipinski definition) is 2. The highest BCUT2D eigenvalue weighted by Crippen LogP contribution is 2.16. The third-order valence-corrected chi connectivity index (χ3v) is 3.01. The fraction of sp³-hybridized carbons (Fsp3) is 0.900. The van der Waals surface area contributed by atoms with Gasteiger partial charge in [0, 0.05) is 27.0 Å². The summed E-state index contributed by atoms with van der Waals surface area (Å²) in [5, 5.41) is 0. The van der Waals surface area contributed by atoms with Gasteiger partial charge in [-0.05, 0) is 6.42 Å². The maximum atomic E-state index is 13.6. The minimum atomic E-state index is -1.12. The summed E-state index contributed by atoms with van der Waals surface area (Å²) in [5.41, 5.74) is 10.8. The number of ether oxygens (including phenoxy) is 1.